The highest BCUT2D eigenvalue weighted by Gasteiger charge is 2.26. The van der Waals surface area contributed by atoms with Crippen molar-refractivity contribution in [2.75, 3.05) is 7.05 Å². The smallest absolute Gasteiger partial charge is 0.152 e. The van der Waals surface area contributed by atoms with Crippen molar-refractivity contribution in [2.24, 2.45) is 4.99 Å². The number of hydrogen-bond acceptors (Lipinski definition) is 4. The van der Waals surface area contributed by atoms with Crippen molar-refractivity contribution in [3.05, 3.63) is 69.8 Å². The van der Waals surface area contributed by atoms with Crippen LogP contribution in [0.25, 0.3) is 0 Å². The molecule has 2 unspecified atom stereocenters. The van der Waals surface area contributed by atoms with Crippen LogP contribution < -0.4 is 15.4 Å². The Bertz CT molecular complexity index is 866. The highest BCUT2D eigenvalue weighted by atomic mass is 35.5. The van der Waals surface area contributed by atoms with Crippen LogP contribution in [0.2, 0.25) is 10.0 Å². The number of nitrogens with zero attached hydrogens (tertiary/aromatic N) is 1. The van der Waals surface area contributed by atoms with E-state index >= 15 is 0 Å². The van der Waals surface area contributed by atoms with Gasteiger partial charge in [-0.2, -0.15) is 0 Å². The highest BCUT2D eigenvalue weighted by molar-refractivity contribution is 6.42. The second kappa shape index (κ2) is 7.70. The molecule has 0 saturated carbocycles. The molecule has 3 rings (SSSR count). The van der Waals surface area contributed by atoms with Gasteiger partial charge in [0, 0.05) is 30.1 Å². The average molecular weight is 390 g/mol. The van der Waals surface area contributed by atoms with Gasteiger partial charge in [-0.15, -0.1) is 0 Å². The Hall–Kier alpha value is -2.01. The zero-order chi connectivity index (χ0) is 18.7. The maximum Gasteiger partial charge on any atom is 0.152 e. The summed E-state index contributed by atoms with van der Waals surface area (Å²) in [5, 5.41) is 7.54. The topological polar surface area (TPSA) is 45.7 Å². The first-order valence-electron chi connectivity index (χ1n) is 8.35. The fourth-order valence-electron chi connectivity index (χ4n) is 2.75. The van der Waals surface area contributed by atoms with Crippen molar-refractivity contribution in [2.45, 2.75) is 25.6 Å². The predicted octanol–water partition coefficient (Wildman–Crippen LogP) is 5.43. The number of hydrogen-bond donors (Lipinski definition) is 2. The van der Waals surface area contributed by atoms with Crippen molar-refractivity contribution in [3.63, 3.8) is 0 Å². The summed E-state index contributed by atoms with van der Waals surface area (Å²) in [6.07, 6.45) is 5.58. The van der Waals surface area contributed by atoms with E-state index in [9.17, 15) is 0 Å². The van der Waals surface area contributed by atoms with E-state index in [4.69, 9.17) is 27.9 Å². The number of nitrogens with one attached hydrogen (secondary N) is 2. The first kappa shape index (κ1) is 18.8. The Balaban J connectivity index is 1.98. The average Bonchev–Trinajstić information content (AvgIpc) is 2.65. The van der Waals surface area contributed by atoms with Crippen LogP contribution in [0.5, 0.6) is 11.5 Å². The Kier molecular flexibility index (Phi) is 5.56. The highest BCUT2D eigenvalue weighted by Crippen LogP contribution is 2.36. The molecule has 0 radical (unpaired) electrons. The molecule has 1 aliphatic rings. The summed E-state index contributed by atoms with van der Waals surface area (Å²) >= 11 is 12.1. The predicted molar refractivity (Wildman–Crippen MR) is 109 cm³/mol. The van der Waals surface area contributed by atoms with Gasteiger partial charge >= 0.3 is 0 Å². The Labute approximate surface area is 163 Å². The third-order valence-corrected chi connectivity index (χ3v) is 5.21. The van der Waals surface area contributed by atoms with Gasteiger partial charge < -0.3 is 15.4 Å². The lowest BCUT2D eigenvalue weighted by molar-refractivity contribution is 0.433. The monoisotopic (exact) mass is 389 g/mol. The van der Waals surface area contributed by atoms with Gasteiger partial charge in [0.1, 0.15) is 11.5 Å². The normalized spacial score (nSPS) is 19.9. The van der Waals surface area contributed by atoms with Gasteiger partial charge in [0.05, 0.1) is 10.0 Å². The van der Waals surface area contributed by atoms with Crippen LogP contribution in [0.1, 0.15) is 31.0 Å². The molecule has 136 valence electrons. The van der Waals surface area contributed by atoms with Crippen molar-refractivity contribution in [3.8, 4) is 11.5 Å². The van der Waals surface area contributed by atoms with Gasteiger partial charge in [0.2, 0.25) is 0 Å². The molecule has 0 bridgehead atoms. The molecule has 2 aromatic carbocycles. The lowest BCUT2D eigenvalue weighted by atomic mass is 9.96. The number of benzene rings is 2. The minimum absolute atomic E-state index is 0.0967. The van der Waals surface area contributed by atoms with Crippen LogP contribution in [0.4, 0.5) is 0 Å². The van der Waals surface area contributed by atoms with Gasteiger partial charge in [-0.05, 0) is 56.8 Å². The van der Waals surface area contributed by atoms with Crippen molar-refractivity contribution in [1.29, 1.82) is 0 Å². The number of allylic oxidation sites excluding steroid dienone is 1. The maximum atomic E-state index is 6.10. The van der Waals surface area contributed by atoms with Gasteiger partial charge in [-0.3, -0.25) is 4.99 Å². The molecule has 0 aromatic heterocycles. The molecule has 0 fully saturated rings. The first-order valence-corrected chi connectivity index (χ1v) is 9.11. The summed E-state index contributed by atoms with van der Waals surface area (Å²) in [6.45, 7) is 4.12. The van der Waals surface area contributed by atoms with E-state index in [2.05, 4.69) is 28.6 Å². The van der Waals surface area contributed by atoms with E-state index in [-0.39, 0.29) is 6.04 Å². The molecule has 4 nitrogen and oxygen atoms in total. The number of halogens is 2. The molecule has 0 amide bonds. The summed E-state index contributed by atoms with van der Waals surface area (Å²) in [5.41, 5.74) is 1.58. The second-order valence-corrected chi connectivity index (χ2v) is 7.11. The summed E-state index contributed by atoms with van der Waals surface area (Å²) in [5.74, 6) is 1.40. The molecule has 2 N–H and O–H groups in total. The maximum absolute atomic E-state index is 6.10. The molecule has 2 atom stereocenters. The number of aliphatic imine (C=N–C) groups is 1. The fourth-order valence-corrected chi connectivity index (χ4v) is 3.03. The SMILES string of the molecule is CNC(C)c1cc(C2(C)N=CC=CN2)ccc1Oc1ccc(Cl)c(Cl)c1. The molecule has 1 aliphatic heterocycles. The van der Waals surface area contributed by atoms with E-state index < -0.39 is 5.66 Å². The van der Waals surface area contributed by atoms with Gasteiger partial charge in [-0.1, -0.05) is 29.3 Å². The molecule has 6 heteroatoms. The van der Waals surface area contributed by atoms with Crippen molar-refractivity contribution >= 4 is 29.4 Å². The largest absolute Gasteiger partial charge is 0.457 e. The molecule has 0 saturated heterocycles. The number of rotatable bonds is 5. The Morgan fingerprint density at radius 1 is 1.15 bits per heavy atom. The van der Waals surface area contributed by atoms with Gasteiger partial charge in [-0.25, -0.2) is 0 Å². The molecular weight excluding hydrogens is 369 g/mol. The first-order chi connectivity index (χ1) is 12.4. The molecule has 26 heavy (non-hydrogen) atoms. The van der Waals surface area contributed by atoms with Crippen LogP contribution in [0.15, 0.2) is 53.7 Å². The zero-order valence-corrected chi connectivity index (χ0v) is 16.4. The molecule has 2 aromatic rings. The van der Waals surface area contributed by atoms with Crippen LogP contribution >= 0.6 is 23.2 Å². The third-order valence-electron chi connectivity index (χ3n) is 4.47. The zero-order valence-electron chi connectivity index (χ0n) is 14.9. The van der Waals surface area contributed by atoms with E-state index in [0.29, 0.717) is 15.8 Å². The van der Waals surface area contributed by atoms with Crippen molar-refractivity contribution < 1.29 is 4.74 Å². The van der Waals surface area contributed by atoms with Gasteiger partial charge in [0.25, 0.3) is 0 Å². The quantitative estimate of drug-likeness (QED) is 0.716. The summed E-state index contributed by atoms with van der Waals surface area (Å²) < 4.78 is 6.09. The standard InChI is InChI=1S/C20H21Cl2N3O/c1-13(23-3)16-11-14(20(2)24-9-4-10-25-20)5-8-19(16)26-15-6-7-17(21)18(22)12-15/h4-13,23-24H,1-3H3. The molecular formula is C20H21Cl2N3O. The Morgan fingerprint density at radius 2 is 1.96 bits per heavy atom. The van der Waals surface area contributed by atoms with Crippen LogP contribution in [0.3, 0.4) is 0 Å². The van der Waals surface area contributed by atoms with Crippen molar-refractivity contribution in [1.82, 2.24) is 10.6 Å². The van der Waals surface area contributed by atoms with E-state index in [0.717, 1.165) is 16.9 Å². The van der Waals surface area contributed by atoms with Crippen LogP contribution in [-0.4, -0.2) is 13.3 Å². The molecule has 0 aliphatic carbocycles. The lowest BCUT2D eigenvalue weighted by Crippen LogP contribution is -2.36. The van der Waals surface area contributed by atoms with Crippen LogP contribution in [0, 0.1) is 0 Å². The fraction of sp³-hybridized carbons (Fsp3) is 0.250. The molecule has 0 spiro atoms. The summed E-state index contributed by atoms with van der Waals surface area (Å²) in [4.78, 5) is 4.58. The Morgan fingerprint density at radius 3 is 2.62 bits per heavy atom. The molecule has 1 heterocycles. The minimum atomic E-state index is -0.501. The van der Waals surface area contributed by atoms with E-state index in [1.807, 2.05) is 38.4 Å². The van der Waals surface area contributed by atoms with Gasteiger partial charge in [0.15, 0.2) is 5.66 Å². The van der Waals surface area contributed by atoms with E-state index in [1.54, 1.807) is 24.4 Å². The van der Waals surface area contributed by atoms with Crippen LogP contribution in [-0.2, 0) is 5.66 Å². The number of ether oxygens (including phenoxy) is 1. The lowest BCUT2D eigenvalue weighted by Gasteiger charge is -2.29. The van der Waals surface area contributed by atoms with E-state index in [1.165, 1.54) is 0 Å². The minimum Gasteiger partial charge on any atom is -0.457 e. The summed E-state index contributed by atoms with van der Waals surface area (Å²) in [7, 11) is 1.92. The second-order valence-electron chi connectivity index (χ2n) is 6.29. The summed E-state index contributed by atoms with van der Waals surface area (Å²) in [6, 6.07) is 11.4. The third kappa shape index (κ3) is 3.88.